The van der Waals surface area contributed by atoms with Gasteiger partial charge in [-0.15, -0.1) is 0 Å². The fourth-order valence-corrected chi connectivity index (χ4v) is 2.50. The Morgan fingerprint density at radius 3 is 2.67 bits per heavy atom. The number of ether oxygens (including phenoxy) is 2. The molecule has 1 heterocycles. The summed E-state index contributed by atoms with van der Waals surface area (Å²) in [6.45, 7) is 9.68. The molecule has 0 atom stereocenters. The maximum absolute atomic E-state index is 6.12. The molecule has 0 amide bonds. The van der Waals surface area contributed by atoms with Crippen molar-refractivity contribution in [3.05, 3.63) is 28.8 Å². The van der Waals surface area contributed by atoms with Crippen molar-refractivity contribution in [3.8, 4) is 5.75 Å². The molecule has 118 valence electrons. The maximum atomic E-state index is 6.12. The summed E-state index contributed by atoms with van der Waals surface area (Å²) in [5, 5.41) is 4.23. The van der Waals surface area contributed by atoms with Gasteiger partial charge >= 0.3 is 0 Å². The molecule has 1 aromatic carbocycles. The predicted molar refractivity (Wildman–Crippen MR) is 87.1 cm³/mol. The highest BCUT2D eigenvalue weighted by Crippen LogP contribution is 2.25. The van der Waals surface area contributed by atoms with Crippen molar-refractivity contribution >= 4 is 11.6 Å². The molecule has 0 radical (unpaired) electrons. The SMILES string of the molecule is CC(C)(C)NCc1cc(Cl)ccc1OCC1CCOCC1. The minimum atomic E-state index is 0.0697. The molecule has 1 aliphatic heterocycles. The monoisotopic (exact) mass is 311 g/mol. The molecule has 3 nitrogen and oxygen atoms in total. The van der Waals surface area contributed by atoms with Crippen LogP contribution in [0, 0.1) is 5.92 Å². The van der Waals surface area contributed by atoms with Crippen molar-refractivity contribution in [2.75, 3.05) is 19.8 Å². The Labute approximate surface area is 133 Å². The Morgan fingerprint density at radius 1 is 1.29 bits per heavy atom. The Morgan fingerprint density at radius 2 is 2.00 bits per heavy atom. The first-order valence-electron chi connectivity index (χ1n) is 7.68. The highest BCUT2D eigenvalue weighted by molar-refractivity contribution is 6.30. The average Bonchev–Trinajstić information content (AvgIpc) is 2.44. The molecule has 1 fully saturated rings. The van der Waals surface area contributed by atoms with Crippen LogP contribution in [0.25, 0.3) is 0 Å². The smallest absolute Gasteiger partial charge is 0.123 e. The lowest BCUT2D eigenvalue weighted by atomic mass is 10.0. The van der Waals surface area contributed by atoms with Crippen LogP contribution in [-0.2, 0) is 11.3 Å². The summed E-state index contributed by atoms with van der Waals surface area (Å²) in [6, 6.07) is 5.85. The molecular formula is C17H26ClNO2. The Balaban J connectivity index is 1.96. The molecule has 0 saturated carbocycles. The second kappa shape index (κ2) is 7.48. The van der Waals surface area contributed by atoms with Gasteiger partial charge in [0.25, 0.3) is 0 Å². The van der Waals surface area contributed by atoms with E-state index in [2.05, 4.69) is 26.1 Å². The third kappa shape index (κ3) is 5.85. The van der Waals surface area contributed by atoms with E-state index in [1.165, 1.54) is 0 Å². The van der Waals surface area contributed by atoms with Crippen LogP contribution in [-0.4, -0.2) is 25.4 Å². The molecule has 0 bridgehead atoms. The summed E-state index contributed by atoms with van der Waals surface area (Å²) in [7, 11) is 0. The minimum absolute atomic E-state index is 0.0697. The van der Waals surface area contributed by atoms with Gasteiger partial charge in [-0.1, -0.05) is 11.6 Å². The van der Waals surface area contributed by atoms with Gasteiger partial charge in [0.05, 0.1) is 6.61 Å². The van der Waals surface area contributed by atoms with Crippen LogP contribution in [0.15, 0.2) is 18.2 Å². The molecule has 1 N–H and O–H groups in total. The summed E-state index contributed by atoms with van der Waals surface area (Å²) in [6.07, 6.45) is 2.17. The van der Waals surface area contributed by atoms with E-state index in [1.54, 1.807) is 0 Å². The largest absolute Gasteiger partial charge is 0.493 e. The highest BCUT2D eigenvalue weighted by Gasteiger charge is 2.16. The Hall–Kier alpha value is -0.770. The molecule has 1 aromatic rings. The van der Waals surface area contributed by atoms with Crippen LogP contribution >= 0.6 is 11.6 Å². The van der Waals surface area contributed by atoms with Crippen LogP contribution in [0.5, 0.6) is 5.75 Å². The fourth-order valence-electron chi connectivity index (χ4n) is 2.31. The molecule has 4 heteroatoms. The van der Waals surface area contributed by atoms with Gasteiger partial charge in [-0.25, -0.2) is 0 Å². The first kappa shape index (κ1) is 16.6. The second-order valence-corrected chi connectivity index (χ2v) is 7.16. The van der Waals surface area contributed by atoms with Crippen LogP contribution in [0.1, 0.15) is 39.2 Å². The Bertz CT molecular complexity index is 451. The van der Waals surface area contributed by atoms with E-state index >= 15 is 0 Å². The standard InChI is InChI=1S/C17H26ClNO2/c1-17(2,3)19-11-14-10-15(18)4-5-16(14)21-12-13-6-8-20-9-7-13/h4-5,10,13,19H,6-9,11-12H2,1-3H3. The predicted octanol–water partition coefficient (Wildman–Crippen LogP) is 4.03. The second-order valence-electron chi connectivity index (χ2n) is 6.72. The van der Waals surface area contributed by atoms with E-state index in [0.717, 1.165) is 55.5 Å². The zero-order valence-electron chi connectivity index (χ0n) is 13.2. The van der Waals surface area contributed by atoms with E-state index in [4.69, 9.17) is 21.1 Å². The molecule has 0 aromatic heterocycles. The fraction of sp³-hybridized carbons (Fsp3) is 0.647. The summed E-state index contributed by atoms with van der Waals surface area (Å²) in [5.41, 5.74) is 1.19. The van der Waals surface area contributed by atoms with E-state index in [-0.39, 0.29) is 5.54 Å². The zero-order valence-corrected chi connectivity index (χ0v) is 14.0. The third-order valence-electron chi connectivity index (χ3n) is 3.65. The number of hydrogen-bond acceptors (Lipinski definition) is 3. The molecule has 1 saturated heterocycles. The first-order chi connectivity index (χ1) is 9.94. The van der Waals surface area contributed by atoms with Gasteiger partial charge in [-0.2, -0.15) is 0 Å². The first-order valence-corrected chi connectivity index (χ1v) is 8.06. The van der Waals surface area contributed by atoms with Crippen LogP contribution in [0.3, 0.4) is 0 Å². The summed E-state index contributed by atoms with van der Waals surface area (Å²) in [5.74, 6) is 1.53. The van der Waals surface area contributed by atoms with Gasteiger partial charge in [0, 0.05) is 35.9 Å². The Kier molecular flexibility index (Phi) is 5.91. The zero-order chi connectivity index (χ0) is 15.3. The number of halogens is 1. The summed E-state index contributed by atoms with van der Waals surface area (Å²) in [4.78, 5) is 0. The van der Waals surface area contributed by atoms with Crippen LogP contribution in [0.4, 0.5) is 0 Å². The summed E-state index contributed by atoms with van der Waals surface area (Å²) >= 11 is 6.12. The van der Waals surface area contributed by atoms with E-state index < -0.39 is 0 Å². The van der Waals surface area contributed by atoms with Gasteiger partial charge in [0.1, 0.15) is 5.75 Å². The minimum Gasteiger partial charge on any atom is -0.493 e. The normalized spacial score (nSPS) is 17.0. The number of hydrogen-bond donors (Lipinski definition) is 1. The maximum Gasteiger partial charge on any atom is 0.123 e. The van der Waals surface area contributed by atoms with Gasteiger partial charge in [-0.3, -0.25) is 0 Å². The van der Waals surface area contributed by atoms with Crippen LogP contribution in [0.2, 0.25) is 5.02 Å². The molecule has 0 unspecified atom stereocenters. The third-order valence-corrected chi connectivity index (χ3v) is 3.88. The number of benzene rings is 1. The topological polar surface area (TPSA) is 30.5 Å². The molecule has 0 aliphatic carbocycles. The molecule has 21 heavy (non-hydrogen) atoms. The molecular weight excluding hydrogens is 286 g/mol. The lowest BCUT2D eigenvalue weighted by Crippen LogP contribution is -2.35. The lowest BCUT2D eigenvalue weighted by Gasteiger charge is -2.24. The van der Waals surface area contributed by atoms with Crippen molar-refractivity contribution in [1.82, 2.24) is 5.32 Å². The molecule has 0 spiro atoms. The van der Waals surface area contributed by atoms with Crippen molar-refractivity contribution in [2.24, 2.45) is 5.92 Å². The molecule has 2 rings (SSSR count). The van der Waals surface area contributed by atoms with E-state index in [0.29, 0.717) is 5.92 Å². The lowest BCUT2D eigenvalue weighted by molar-refractivity contribution is 0.0496. The van der Waals surface area contributed by atoms with E-state index in [1.807, 2.05) is 18.2 Å². The van der Waals surface area contributed by atoms with Gasteiger partial charge < -0.3 is 14.8 Å². The summed E-state index contributed by atoms with van der Waals surface area (Å²) < 4.78 is 11.4. The van der Waals surface area contributed by atoms with E-state index in [9.17, 15) is 0 Å². The van der Waals surface area contributed by atoms with Gasteiger partial charge in [-0.05, 0) is 57.7 Å². The van der Waals surface area contributed by atoms with Gasteiger partial charge in [0.2, 0.25) is 0 Å². The highest BCUT2D eigenvalue weighted by atomic mass is 35.5. The van der Waals surface area contributed by atoms with Crippen LogP contribution < -0.4 is 10.1 Å². The average molecular weight is 312 g/mol. The van der Waals surface area contributed by atoms with Crippen molar-refractivity contribution in [2.45, 2.75) is 45.7 Å². The van der Waals surface area contributed by atoms with Crippen molar-refractivity contribution < 1.29 is 9.47 Å². The van der Waals surface area contributed by atoms with Crippen molar-refractivity contribution in [3.63, 3.8) is 0 Å². The number of nitrogens with one attached hydrogen (secondary N) is 1. The number of rotatable bonds is 5. The van der Waals surface area contributed by atoms with Crippen molar-refractivity contribution in [1.29, 1.82) is 0 Å². The van der Waals surface area contributed by atoms with Gasteiger partial charge in [0.15, 0.2) is 0 Å². The molecule has 1 aliphatic rings. The quantitative estimate of drug-likeness (QED) is 0.890.